The average molecular weight is 464 g/mol. The maximum atomic E-state index is 13.6. The first-order valence-corrected chi connectivity index (χ1v) is 11.6. The third-order valence-electron chi connectivity index (χ3n) is 6.24. The zero-order valence-electron chi connectivity index (χ0n) is 19.4. The van der Waals surface area contributed by atoms with Crippen molar-refractivity contribution < 1.29 is 9.53 Å². The van der Waals surface area contributed by atoms with Crippen molar-refractivity contribution in [3.05, 3.63) is 89.5 Å². The molecule has 1 aromatic heterocycles. The van der Waals surface area contributed by atoms with E-state index in [0.717, 1.165) is 21.9 Å². The van der Waals surface area contributed by atoms with E-state index in [9.17, 15) is 10.1 Å². The Morgan fingerprint density at radius 3 is 2.60 bits per heavy atom. The quantitative estimate of drug-likeness (QED) is 0.469. The molecular formula is C28H25N5O2. The van der Waals surface area contributed by atoms with Gasteiger partial charge in [-0.1, -0.05) is 48.5 Å². The lowest BCUT2D eigenvalue weighted by Gasteiger charge is -2.29. The summed E-state index contributed by atoms with van der Waals surface area (Å²) in [6, 6.07) is 25.2. The van der Waals surface area contributed by atoms with Crippen LogP contribution in [0.3, 0.4) is 0 Å². The van der Waals surface area contributed by atoms with Gasteiger partial charge in [0.05, 0.1) is 42.1 Å². The largest absolute Gasteiger partial charge is 0.378 e. The van der Waals surface area contributed by atoms with Gasteiger partial charge in [0.2, 0.25) is 0 Å². The number of hydrogen-bond acceptors (Lipinski definition) is 6. The number of morpholine rings is 1. The van der Waals surface area contributed by atoms with Crippen molar-refractivity contribution in [1.29, 1.82) is 5.26 Å². The minimum atomic E-state index is -0.222. The van der Waals surface area contributed by atoms with Crippen molar-refractivity contribution in [1.82, 2.24) is 15.5 Å². The topological polar surface area (TPSA) is 91.1 Å². The molecule has 1 amide bonds. The Labute approximate surface area is 204 Å². The fourth-order valence-electron chi connectivity index (χ4n) is 4.29. The Balaban J connectivity index is 1.48. The summed E-state index contributed by atoms with van der Waals surface area (Å²) in [5, 5.41) is 23.5. The van der Waals surface area contributed by atoms with Crippen LogP contribution in [0.15, 0.2) is 72.8 Å². The molecule has 1 N–H and O–H groups in total. The van der Waals surface area contributed by atoms with Crippen LogP contribution in [0.25, 0.3) is 22.0 Å². The maximum absolute atomic E-state index is 13.6. The number of anilines is 1. The second-order valence-electron chi connectivity index (χ2n) is 8.56. The Hall–Kier alpha value is -4.28. The summed E-state index contributed by atoms with van der Waals surface area (Å²) in [7, 11) is 0. The highest BCUT2D eigenvalue weighted by molar-refractivity contribution is 6.00. The molecule has 7 heteroatoms. The van der Waals surface area contributed by atoms with Crippen LogP contribution in [-0.2, 0) is 4.74 Å². The lowest BCUT2D eigenvalue weighted by molar-refractivity contribution is 0.0937. The number of hydrogen-bond donors (Lipinski definition) is 1. The van der Waals surface area contributed by atoms with Crippen LogP contribution in [-0.4, -0.2) is 42.4 Å². The van der Waals surface area contributed by atoms with Gasteiger partial charge in [0.15, 0.2) is 5.82 Å². The number of nitrogens with one attached hydrogen (secondary N) is 1. The number of benzene rings is 3. The minimum Gasteiger partial charge on any atom is -0.378 e. The number of nitriles is 1. The molecule has 35 heavy (non-hydrogen) atoms. The molecule has 0 radical (unpaired) electrons. The predicted molar refractivity (Wildman–Crippen MR) is 135 cm³/mol. The third kappa shape index (κ3) is 4.84. The fraction of sp³-hybridized carbons (Fsp3) is 0.214. The van der Waals surface area contributed by atoms with Crippen LogP contribution in [0.2, 0.25) is 0 Å². The second kappa shape index (κ2) is 9.92. The van der Waals surface area contributed by atoms with Gasteiger partial charge in [0.1, 0.15) is 0 Å². The number of rotatable bonds is 5. The smallest absolute Gasteiger partial charge is 0.255 e. The van der Waals surface area contributed by atoms with Crippen molar-refractivity contribution in [3.63, 3.8) is 0 Å². The van der Waals surface area contributed by atoms with E-state index in [2.05, 4.69) is 45.8 Å². The van der Waals surface area contributed by atoms with Gasteiger partial charge in [-0.3, -0.25) is 4.79 Å². The summed E-state index contributed by atoms with van der Waals surface area (Å²) >= 11 is 0. The minimum absolute atomic E-state index is 0.205. The molecule has 174 valence electrons. The molecule has 0 saturated carbocycles. The van der Waals surface area contributed by atoms with E-state index < -0.39 is 0 Å². The molecule has 0 aliphatic carbocycles. The van der Waals surface area contributed by atoms with Crippen LogP contribution in [0.5, 0.6) is 0 Å². The van der Waals surface area contributed by atoms with E-state index in [-0.39, 0.29) is 11.9 Å². The third-order valence-corrected chi connectivity index (χ3v) is 6.24. The Kier molecular flexibility index (Phi) is 6.38. The first-order chi connectivity index (χ1) is 17.1. The zero-order valence-corrected chi connectivity index (χ0v) is 19.4. The van der Waals surface area contributed by atoms with E-state index in [1.165, 1.54) is 0 Å². The lowest BCUT2D eigenvalue weighted by Crippen LogP contribution is -2.39. The maximum Gasteiger partial charge on any atom is 0.255 e. The van der Waals surface area contributed by atoms with Crippen LogP contribution in [0.4, 0.5) is 5.82 Å². The molecule has 3 aromatic carbocycles. The van der Waals surface area contributed by atoms with Crippen molar-refractivity contribution in [2.45, 2.75) is 13.0 Å². The van der Waals surface area contributed by atoms with Crippen LogP contribution in [0.1, 0.15) is 34.5 Å². The normalized spacial score (nSPS) is 14.3. The molecule has 1 aliphatic rings. The number of ether oxygens (including phenoxy) is 1. The number of fused-ring (bicyclic) bond motifs is 1. The summed E-state index contributed by atoms with van der Waals surface area (Å²) in [5.74, 6) is 0.316. The summed E-state index contributed by atoms with van der Waals surface area (Å²) < 4.78 is 5.48. The summed E-state index contributed by atoms with van der Waals surface area (Å²) in [6.45, 7) is 4.39. The SMILES string of the molecule is C[C@@H](NC(=O)c1cc(-c2cccc(C#N)c2)nnc1N1CCOCC1)c1ccc2ccccc2c1. The van der Waals surface area contributed by atoms with Gasteiger partial charge in [-0.25, -0.2) is 0 Å². The Bertz CT molecular complexity index is 1420. The van der Waals surface area contributed by atoms with Crippen molar-refractivity contribution >= 4 is 22.5 Å². The van der Waals surface area contributed by atoms with Gasteiger partial charge in [0, 0.05) is 18.7 Å². The number of aromatic nitrogens is 2. The molecule has 0 spiro atoms. The van der Waals surface area contributed by atoms with Gasteiger partial charge in [-0.2, -0.15) is 5.26 Å². The van der Waals surface area contributed by atoms with E-state index in [1.54, 1.807) is 24.3 Å². The molecule has 0 bridgehead atoms. The van der Waals surface area contributed by atoms with E-state index in [4.69, 9.17) is 4.74 Å². The molecule has 0 unspecified atom stereocenters. The van der Waals surface area contributed by atoms with Gasteiger partial charge in [-0.05, 0) is 47.5 Å². The van der Waals surface area contributed by atoms with E-state index in [1.807, 2.05) is 36.1 Å². The van der Waals surface area contributed by atoms with E-state index in [0.29, 0.717) is 48.9 Å². The summed E-state index contributed by atoms with van der Waals surface area (Å²) in [4.78, 5) is 15.6. The van der Waals surface area contributed by atoms with Crippen LogP contribution >= 0.6 is 0 Å². The molecule has 5 rings (SSSR count). The fourth-order valence-corrected chi connectivity index (χ4v) is 4.29. The molecule has 7 nitrogen and oxygen atoms in total. The van der Waals surface area contributed by atoms with Gasteiger partial charge >= 0.3 is 0 Å². The van der Waals surface area contributed by atoms with Crippen molar-refractivity contribution in [2.75, 3.05) is 31.2 Å². The number of nitrogens with zero attached hydrogens (tertiary/aromatic N) is 4. The first-order valence-electron chi connectivity index (χ1n) is 11.6. The standard InChI is InChI=1S/C28H25N5O2/c1-19(22-10-9-21-6-2-3-7-23(21)16-22)30-28(34)25-17-26(24-8-4-5-20(15-24)18-29)31-32-27(25)33-11-13-35-14-12-33/h2-10,15-17,19H,11-14H2,1H3,(H,30,34)/t19-/m1/s1. The second-order valence-corrected chi connectivity index (χ2v) is 8.56. The van der Waals surface area contributed by atoms with E-state index >= 15 is 0 Å². The molecule has 4 aromatic rings. The highest BCUT2D eigenvalue weighted by Crippen LogP contribution is 2.26. The Morgan fingerprint density at radius 1 is 1.00 bits per heavy atom. The average Bonchev–Trinajstić information content (AvgIpc) is 2.93. The molecule has 2 heterocycles. The number of carbonyl (C=O) groups is 1. The summed E-state index contributed by atoms with van der Waals surface area (Å²) in [6.07, 6.45) is 0. The summed E-state index contributed by atoms with van der Waals surface area (Å²) in [5.41, 5.74) is 3.28. The molecular weight excluding hydrogens is 438 g/mol. The van der Waals surface area contributed by atoms with Crippen LogP contribution < -0.4 is 10.2 Å². The highest BCUT2D eigenvalue weighted by Gasteiger charge is 2.23. The lowest BCUT2D eigenvalue weighted by atomic mass is 10.0. The van der Waals surface area contributed by atoms with Gasteiger partial charge in [-0.15, -0.1) is 10.2 Å². The Morgan fingerprint density at radius 2 is 1.80 bits per heavy atom. The van der Waals surface area contributed by atoms with Gasteiger partial charge in [0.25, 0.3) is 5.91 Å². The van der Waals surface area contributed by atoms with Crippen molar-refractivity contribution in [3.8, 4) is 17.3 Å². The number of carbonyl (C=O) groups excluding carboxylic acids is 1. The molecule has 1 aliphatic heterocycles. The molecule has 1 fully saturated rings. The molecule has 1 saturated heterocycles. The molecule has 1 atom stereocenters. The van der Waals surface area contributed by atoms with Crippen LogP contribution in [0, 0.1) is 11.3 Å². The monoisotopic (exact) mass is 463 g/mol. The first kappa shape index (κ1) is 22.5. The van der Waals surface area contributed by atoms with Gasteiger partial charge < -0.3 is 15.0 Å². The van der Waals surface area contributed by atoms with Crippen molar-refractivity contribution in [2.24, 2.45) is 0 Å². The highest BCUT2D eigenvalue weighted by atomic mass is 16.5. The number of amides is 1. The zero-order chi connectivity index (χ0) is 24.2. The predicted octanol–water partition coefficient (Wildman–Crippen LogP) is 4.50.